The Labute approximate surface area is 690 Å². The molecular weight excluding hydrogens is 1480 g/mol. The molecule has 2 heterocycles. The van der Waals surface area contributed by atoms with Gasteiger partial charge in [-0.3, -0.25) is 0 Å². The molecule has 0 spiro atoms. The molecule has 4 nitrogen and oxygen atoms in total. The molecule has 2 atom stereocenters. The molecule has 0 saturated heterocycles. The van der Waals surface area contributed by atoms with E-state index >= 15 is 0 Å². The summed E-state index contributed by atoms with van der Waals surface area (Å²) in [5.41, 5.74) is 20.1. The molecule has 1 aliphatic carbocycles. The van der Waals surface area contributed by atoms with E-state index in [1.54, 1.807) is 0 Å². The van der Waals surface area contributed by atoms with Gasteiger partial charge in [0.1, 0.15) is 27.3 Å². The molecule has 0 bridgehead atoms. The van der Waals surface area contributed by atoms with Crippen LogP contribution in [0.4, 0.5) is 34.1 Å². The molecule has 19 aromatic rings. The smallest absolute Gasteiger partial charge is 0.159 e. The molecule has 117 heavy (non-hydrogen) atoms. The molecule has 0 fully saturated rings. The van der Waals surface area contributed by atoms with Gasteiger partial charge in [0.15, 0.2) is 11.2 Å². The lowest BCUT2D eigenvalue weighted by molar-refractivity contribution is 0.670. The molecule has 17 aromatic carbocycles. The van der Waals surface area contributed by atoms with E-state index in [4.69, 9.17) is 8.83 Å². The highest BCUT2D eigenvalue weighted by Gasteiger charge is 2.49. The predicted molar refractivity (Wildman–Crippen MR) is 512 cm³/mol. The first-order valence-corrected chi connectivity index (χ1v) is 54.4. The molecule has 0 amide bonds. The van der Waals surface area contributed by atoms with Crippen LogP contribution < -0.4 is 30.5 Å². The molecule has 8 heteroatoms. The van der Waals surface area contributed by atoms with Crippen molar-refractivity contribution in [2.45, 2.75) is 82.0 Å². The van der Waals surface area contributed by atoms with Gasteiger partial charge in [0.05, 0.1) is 33.9 Å². The third-order valence-corrected chi connectivity index (χ3v) is 39.2. The standard InChI is InChI=1S/C109H94N2O2Si4/c1-114(2,3)69-71-116(7,82-41-17-11-18-42-82)84-64-59-77(60-65-84)88-49-29-51-92-94-53-31-57-101(107(94)112-105(88)92)110(99-55-27-35-75-33-21-23-45-86(75)99)81-63-68-96-97(73-81)109(79-37-13-9-14-38-79,80-39-15-10-16-40-80)98-74-103(90-47-25-26-48-91(90)104(96)98)111(100-56-28-36-76-34-22-24-46-87(76)100)102-58-32-54-95-93-52-30-50-89(106(93)113-108(95)102)78-61-66-85(67-62-78)117(8,72-70-115(4,5)6)83-43-19-12-20-44-83/h9-68,73-74H,69-72H2,1-8H3. The Balaban J connectivity index is 0.784. The number of benzene rings is 17. The first-order valence-electron chi connectivity index (χ1n) is 41.6. The third-order valence-electron chi connectivity index (χ3n) is 25.8. The van der Waals surface area contributed by atoms with Crippen molar-refractivity contribution in [3.8, 4) is 33.4 Å². The SMILES string of the molecule is C[Si](C)(C)CC[Si](C)(c1ccccc1)c1ccc(-c2cccc3c2oc2c(N(c4ccc5c(c4)C(c4ccccc4)(c4ccccc4)c4cc(N(c6cccc7ccccc67)c6cccc7c6oc6c(-c8ccc([Si](C)(CC[Si](C)(C)C)c9ccccc9)cc8)cccc67)c6ccccc6c4-5)c4cccc5ccccc45)cccc23)cc1. The van der Waals surface area contributed by atoms with Crippen LogP contribution in [0.15, 0.2) is 385 Å². The minimum atomic E-state index is -2.09. The van der Waals surface area contributed by atoms with Gasteiger partial charge in [-0.1, -0.05) is 431 Å². The average Bonchev–Trinajstić information content (AvgIpc) is 1.52. The summed E-state index contributed by atoms with van der Waals surface area (Å²) in [4.78, 5) is 5.02. The number of rotatable bonds is 20. The van der Waals surface area contributed by atoms with Crippen molar-refractivity contribution in [2.75, 3.05) is 9.80 Å². The van der Waals surface area contributed by atoms with Crippen LogP contribution in [0.25, 0.3) is 110 Å². The zero-order valence-corrected chi connectivity index (χ0v) is 71.8. The number of anilines is 6. The summed E-state index contributed by atoms with van der Waals surface area (Å²) in [6, 6.07) is 147. The van der Waals surface area contributed by atoms with Gasteiger partial charge in [-0.05, 0) is 103 Å². The Kier molecular flexibility index (Phi) is 18.3. The zero-order valence-electron chi connectivity index (χ0n) is 67.8. The van der Waals surface area contributed by atoms with Gasteiger partial charge < -0.3 is 18.6 Å². The van der Waals surface area contributed by atoms with E-state index in [1.807, 2.05) is 0 Å². The minimum absolute atomic E-state index is 0.823. The van der Waals surface area contributed by atoms with Crippen LogP contribution >= 0.6 is 0 Å². The van der Waals surface area contributed by atoms with Crippen molar-refractivity contribution < 1.29 is 8.83 Å². The first kappa shape index (κ1) is 73.5. The van der Waals surface area contributed by atoms with Gasteiger partial charge in [0.25, 0.3) is 0 Å². The maximum Gasteiger partial charge on any atom is 0.159 e. The minimum Gasteiger partial charge on any atom is -0.453 e. The molecule has 568 valence electrons. The van der Waals surface area contributed by atoms with Crippen LogP contribution in [0.2, 0.25) is 76.6 Å². The van der Waals surface area contributed by atoms with Crippen LogP contribution in [0.1, 0.15) is 22.3 Å². The fraction of sp³-hybridized carbons (Fsp3) is 0.119. The molecule has 0 aliphatic heterocycles. The topological polar surface area (TPSA) is 32.8 Å². The molecule has 0 saturated carbocycles. The summed E-state index contributed by atoms with van der Waals surface area (Å²) in [7, 11) is -6.83. The number of fused-ring (bicyclic) bond motifs is 13. The molecule has 1 aliphatic rings. The molecule has 0 radical (unpaired) electrons. The highest BCUT2D eigenvalue weighted by molar-refractivity contribution is 7.02. The van der Waals surface area contributed by atoms with E-state index in [9.17, 15) is 0 Å². The Bertz CT molecular complexity index is 6960. The summed E-state index contributed by atoms with van der Waals surface area (Å²) in [6.45, 7) is 20.2. The largest absolute Gasteiger partial charge is 0.453 e. The molecule has 2 unspecified atom stereocenters. The normalized spacial score (nSPS) is 13.8. The fourth-order valence-electron chi connectivity index (χ4n) is 19.5. The Morgan fingerprint density at radius 3 is 1.08 bits per heavy atom. The Morgan fingerprint density at radius 2 is 0.607 bits per heavy atom. The third kappa shape index (κ3) is 12.6. The van der Waals surface area contributed by atoms with E-state index in [2.05, 4.69) is 438 Å². The summed E-state index contributed by atoms with van der Waals surface area (Å²) < 4.78 is 15.3. The number of para-hydroxylation sites is 4. The number of furan rings is 2. The van der Waals surface area contributed by atoms with Crippen molar-refractivity contribution in [3.05, 3.63) is 398 Å². The van der Waals surface area contributed by atoms with Crippen molar-refractivity contribution >= 4 is 163 Å². The second-order valence-electron chi connectivity index (χ2n) is 35.3. The van der Waals surface area contributed by atoms with Gasteiger partial charge in [-0.25, -0.2) is 0 Å². The van der Waals surface area contributed by atoms with Crippen molar-refractivity contribution in [3.63, 3.8) is 0 Å². The first-order chi connectivity index (χ1) is 57.0. The lowest BCUT2D eigenvalue weighted by atomic mass is 9.67. The van der Waals surface area contributed by atoms with Gasteiger partial charge in [0.2, 0.25) is 0 Å². The molecule has 2 aromatic heterocycles. The lowest BCUT2D eigenvalue weighted by Gasteiger charge is -2.36. The highest BCUT2D eigenvalue weighted by Crippen LogP contribution is 2.62. The number of nitrogens with zero attached hydrogens (tertiary/aromatic N) is 2. The summed E-state index contributed by atoms with van der Waals surface area (Å²) >= 11 is 0. The summed E-state index contributed by atoms with van der Waals surface area (Å²) in [5.74, 6) is 0. The van der Waals surface area contributed by atoms with E-state index in [-0.39, 0.29) is 0 Å². The monoisotopic (exact) mass is 1570 g/mol. The van der Waals surface area contributed by atoms with Crippen LogP contribution in [0, 0.1) is 0 Å². The second kappa shape index (κ2) is 29.1. The van der Waals surface area contributed by atoms with Gasteiger partial charge in [-0.2, -0.15) is 0 Å². The maximum atomic E-state index is 7.69. The van der Waals surface area contributed by atoms with Crippen LogP contribution in [-0.4, -0.2) is 32.3 Å². The Morgan fingerprint density at radius 1 is 0.248 bits per heavy atom. The second-order valence-corrected chi connectivity index (χ2v) is 55.2. The lowest BCUT2D eigenvalue weighted by Crippen LogP contribution is -2.56. The van der Waals surface area contributed by atoms with Crippen LogP contribution in [-0.2, 0) is 5.41 Å². The van der Waals surface area contributed by atoms with Gasteiger partial charge in [0, 0.05) is 70.7 Å². The van der Waals surface area contributed by atoms with Crippen molar-refractivity contribution in [1.82, 2.24) is 0 Å². The highest BCUT2D eigenvalue weighted by atomic mass is 28.3. The Hall–Kier alpha value is -12.4. The summed E-state index contributed by atoms with van der Waals surface area (Å²) in [5, 5.41) is 17.1. The summed E-state index contributed by atoms with van der Waals surface area (Å²) in [6.07, 6.45) is 0. The van der Waals surface area contributed by atoms with Gasteiger partial charge >= 0.3 is 0 Å². The van der Waals surface area contributed by atoms with E-state index in [0.717, 1.165) is 133 Å². The maximum absolute atomic E-state index is 7.69. The molecular formula is C109H94N2O2Si4. The van der Waals surface area contributed by atoms with E-state index in [1.165, 1.54) is 78.3 Å². The van der Waals surface area contributed by atoms with E-state index in [0.29, 0.717) is 0 Å². The quantitative estimate of drug-likeness (QED) is 0.0712. The fourth-order valence-corrected chi connectivity index (χ4v) is 34.9. The van der Waals surface area contributed by atoms with Crippen LogP contribution in [0.5, 0.6) is 0 Å². The van der Waals surface area contributed by atoms with E-state index < -0.39 is 37.7 Å². The van der Waals surface area contributed by atoms with Crippen molar-refractivity contribution in [1.29, 1.82) is 0 Å². The van der Waals surface area contributed by atoms with Gasteiger partial charge in [-0.15, -0.1) is 0 Å². The van der Waals surface area contributed by atoms with Crippen LogP contribution in [0.3, 0.4) is 0 Å². The molecule has 0 N–H and O–H groups in total. The number of hydrogen-bond acceptors (Lipinski definition) is 4. The molecule has 20 rings (SSSR count). The van der Waals surface area contributed by atoms with Crippen molar-refractivity contribution in [2.24, 2.45) is 0 Å². The zero-order chi connectivity index (χ0) is 79.4. The average molecular weight is 1580 g/mol. The predicted octanol–water partition coefficient (Wildman–Crippen LogP) is 28.6. The number of hydrogen-bond donors (Lipinski definition) is 0.